The molecule has 2 fully saturated rings. The van der Waals surface area contributed by atoms with Crippen LogP contribution >= 0.6 is 0 Å². The molecule has 0 radical (unpaired) electrons. The minimum Gasteiger partial charge on any atom is -0.347 e. The van der Waals surface area contributed by atoms with Crippen molar-refractivity contribution in [3.8, 4) is 0 Å². The molecule has 0 aromatic heterocycles. The van der Waals surface area contributed by atoms with E-state index >= 15 is 0 Å². The number of carbonyl (C=O) groups is 1. The molecule has 4 heteroatoms. The van der Waals surface area contributed by atoms with Gasteiger partial charge in [-0.3, -0.25) is 9.69 Å². The molecule has 15 heavy (non-hydrogen) atoms. The summed E-state index contributed by atoms with van der Waals surface area (Å²) in [5, 5.41) is 0. The molecule has 0 aromatic rings. The lowest BCUT2D eigenvalue weighted by molar-refractivity contribution is -0.134. The molecule has 2 N–H and O–H groups in total. The largest absolute Gasteiger partial charge is 0.347 e. The highest BCUT2D eigenvalue weighted by Crippen LogP contribution is 2.31. The van der Waals surface area contributed by atoms with Crippen LogP contribution in [0.15, 0.2) is 0 Å². The molecule has 1 saturated carbocycles. The summed E-state index contributed by atoms with van der Waals surface area (Å²) < 4.78 is 0. The van der Waals surface area contributed by atoms with E-state index in [-0.39, 0.29) is 11.9 Å². The van der Waals surface area contributed by atoms with E-state index in [2.05, 4.69) is 4.90 Å². The Morgan fingerprint density at radius 1 is 1.40 bits per heavy atom. The zero-order valence-corrected chi connectivity index (χ0v) is 9.65. The van der Waals surface area contributed by atoms with Crippen molar-refractivity contribution in [1.82, 2.24) is 9.80 Å². The number of hydrogen-bond acceptors (Lipinski definition) is 3. The van der Waals surface area contributed by atoms with Gasteiger partial charge in [0.25, 0.3) is 0 Å². The zero-order chi connectivity index (χ0) is 11.0. The summed E-state index contributed by atoms with van der Waals surface area (Å²) in [6, 6.07) is 1.06. The maximum Gasteiger partial charge on any atom is 0.239 e. The summed E-state index contributed by atoms with van der Waals surface area (Å²) in [6.07, 6.45) is 4.30. The average Bonchev–Trinajstić information content (AvgIpc) is 2.59. The lowest BCUT2D eigenvalue weighted by atomic mass is 9.86. The van der Waals surface area contributed by atoms with Gasteiger partial charge in [-0.15, -0.1) is 0 Å². The SMILES string of the molecule is CN(C)C(=O)C1CCCN1C1CC(N)C1. The Labute approximate surface area is 91.4 Å². The second-order valence-corrected chi connectivity index (χ2v) is 5.01. The van der Waals surface area contributed by atoms with Crippen LogP contribution in [0, 0.1) is 0 Å². The molecule has 1 aliphatic carbocycles. The lowest BCUT2D eigenvalue weighted by Gasteiger charge is -2.42. The highest BCUT2D eigenvalue weighted by Gasteiger charge is 2.40. The van der Waals surface area contributed by atoms with Gasteiger partial charge in [-0.05, 0) is 32.2 Å². The fraction of sp³-hybridized carbons (Fsp3) is 0.909. The third-order valence-electron chi connectivity index (χ3n) is 3.64. The van der Waals surface area contributed by atoms with Gasteiger partial charge in [-0.25, -0.2) is 0 Å². The van der Waals surface area contributed by atoms with E-state index in [0.717, 1.165) is 32.2 Å². The van der Waals surface area contributed by atoms with Crippen molar-refractivity contribution >= 4 is 5.91 Å². The van der Waals surface area contributed by atoms with Crippen molar-refractivity contribution in [2.24, 2.45) is 5.73 Å². The Balaban J connectivity index is 1.96. The molecule has 0 spiro atoms. The molecule has 1 amide bonds. The van der Waals surface area contributed by atoms with Crippen LogP contribution in [0.5, 0.6) is 0 Å². The summed E-state index contributed by atoms with van der Waals surface area (Å²) in [4.78, 5) is 16.0. The Hall–Kier alpha value is -0.610. The Morgan fingerprint density at radius 2 is 2.07 bits per heavy atom. The number of nitrogens with zero attached hydrogens (tertiary/aromatic N) is 2. The van der Waals surface area contributed by atoms with E-state index in [0.29, 0.717) is 12.1 Å². The normalized spacial score (nSPS) is 36.3. The average molecular weight is 211 g/mol. The van der Waals surface area contributed by atoms with Gasteiger partial charge in [0.15, 0.2) is 0 Å². The van der Waals surface area contributed by atoms with E-state index in [1.165, 1.54) is 0 Å². The van der Waals surface area contributed by atoms with Gasteiger partial charge < -0.3 is 10.6 Å². The van der Waals surface area contributed by atoms with E-state index in [4.69, 9.17) is 5.73 Å². The minimum atomic E-state index is 0.123. The fourth-order valence-corrected chi connectivity index (χ4v) is 2.69. The van der Waals surface area contributed by atoms with Crippen molar-refractivity contribution in [3.63, 3.8) is 0 Å². The lowest BCUT2D eigenvalue weighted by Crippen LogP contribution is -2.55. The third-order valence-corrected chi connectivity index (χ3v) is 3.64. The predicted molar refractivity (Wildman–Crippen MR) is 59.4 cm³/mol. The Morgan fingerprint density at radius 3 is 2.60 bits per heavy atom. The number of rotatable bonds is 2. The number of hydrogen-bond donors (Lipinski definition) is 1. The molecule has 2 rings (SSSR count). The van der Waals surface area contributed by atoms with Gasteiger partial charge in [0.05, 0.1) is 6.04 Å². The summed E-state index contributed by atoms with van der Waals surface area (Å²) in [6.45, 7) is 1.07. The monoisotopic (exact) mass is 211 g/mol. The predicted octanol–water partition coefficient (Wildman–Crippen LogP) is 0.0287. The minimum absolute atomic E-state index is 0.123. The van der Waals surface area contributed by atoms with E-state index in [1.54, 1.807) is 4.90 Å². The molecule has 0 aromatic carbocycles. The Bertz CT molecular complexity index is 248. The molecule has 1 saturated heterocycles. The van der Waals surface area contributed by atoms with E-state index in [9.17, 15) is 4.79 Å². The first-order valence-electron chi connectivity index (χ1n) is 5.82. The van der Waals surface area contributed by atoms with Crippen LogP contribution in [0.2, 0.25) is 0 Å². The third kappa shape index (κ3) is 2.01. The van der Waals surface area contributed by atoms with Crippen LogP contribution < -0.4 is 5.73 Å². The molecule has 86 valence electrons. The van der Waals surface area contributed by atoms with Crippen LogP contribution in [0.4, 0.5) is 0 Å². The highest BCUT2D eigenvalue weighted by atomic mass is 16.2. The molecule has 1 heterocycles. The molecule has 2 aliphatic rings. The van der Waals surface area contributed by atoms with Crippen LogP contribution in [-0.2, 0) is 4.79 Å². The van der Waals surface area contributed by atoms with Crippen LogP contribution in [0.3, 0.4) is 0 Å². The van der Waals surface area contributed by atoms with Gasteiger partial charge in [0.1, 0.15) is 0 Å². The standard InChI is InChI=1S/C11H21N3O/c1-13(2)11(15)10-4-3-5-14(10)9-6-8(12)7-9/h8-10H,3-7,12H2,1-2H3. The van der Waals surface area contributed by atoms with E-state index < -0.39 is 0 Å². The number of carbonyl (C=O) groups excluding carboxylic acids is 1. The van der Waals surface area contributed by atoms with Gasteiger partial charge in [0, 0.05) is 26.2 Å². The molecule has 1 aliphatic heterocycles. The van der Waals surface area contributed by atoms with Crippen molar-refractivity contribution in [2.45, 2.75) is 43.8 Å². The quantitative estimate of drug-likeness (QED) is 0.701. The Kier molecular flexibility index (Phi) is 2.98. The molecular formula is C11H21N3O. The second-order valence-electron chi connectivity index (χ2n) is 5.01. The summed E-state index contributed by atoms with van der Waals surface area (Å²) in [5.41, 5.74) is 5.80. The summed E-state index contributed by atoms with van der Waals surface area (Å²) >= 11 is 0. The zero-order valence-electron chi connectivity index (χ0n) is 9.65. The maximum absolute atomic E-state index is 11.9. The topological polar surface area (TPSA) is 49.6 Å². The molecule has 4 nitrogen and oxygen atoms in total. The first-order chi connectivity index (χ1) is 7.09. The van der Waals surface area contributed by atoms with Crippen molar-refractivity contribution < 1.29 is 4.79 Å². The van der Waals surface area contributed by atoms with Crippen LogP contribution in [0.25, 0.3) is 0 Å². The van der Waals surface area contributed by atoms with Gasteiger partial charge in [-0.2, -0.15) is 0 Å². The highest BCUT2D eigenvalue weighted by molar-refractivity contribution is 5.81. The van der Waals surface area contributed by atoms with Gasteiger partial charge >= 0.3 is 0 Å². The maximum atomic E-state index is 11.9. The summed E-state index contributed by atoms with van der Waals surface area (Å²) in [5.74, 6) is 0.257. The van der Waals surface area contributed by atoms with E-state index in [1.807, 2.05) is 14.1 Å². The van der Waals surface area contributed by atoms with Crippen molar-refractivity contribution in [3.05, 3.63) is 0 Å². The summed E-state index contributed by atoms with van der Waals surface area (Å²) in [7, 11) is 3.68. The molecular weight excluding hydrogens is 190 g/mol. The van der Waals surface area contributed by atoms with Crippen molar-refractivity contribution in [1.29, 1.82) is 0 Å². The van der Waals surface area contributed by atoms with Crippen LogP contribution in [-0.4, -0.2) is 54.5 Å². The van der Waals surface area contributed by atoms with Gasteiger partial charge in [0.2, 0.25) is 5.91 Å². The number of likely N-dealkylation sites (tertiary alicyclic amines) is 1. The smallest absolute Gasteiger partial charge is 0.239 e. The van der Waals surface area contributed by atoms with Crippen molar-refractivity contribution in [2.75, 3.05) is 20.6 Å². The fourth-order valence-electron chi connectivity index (χ4n) is 2.69. The number of likely N-dealkylation sites (N-methyl/N-ethyl adjacent to an activating group) is 1. The molecule has 0 bridgehead atoms. The van der Waals surface area contributed by atoms with Gasteiger partial charge in [-0.1, -0.05) is 0 Å². The molecule has 1 atom stereocenters. The number of amides is 1. The number of nitrogens with two attached hydrogens (primary N) is 1. The molecule has 1 unspecified atom stereocenters. The first-order valence-corrected chi connectivity index (χ1v) is 5.82. The van der Waals surface area contributed by atoms with Crippen LogP contribution in [0.1, 0.15) is 25.7 Å². The first kappa shape index (κ1) is 10.9. The second kappa shape index (κ2) is 4.10.